The van der Waals surface area contributed by atoms with Crippen LogP contribution in [0.3, 0.4) is 0 Å². The summed E-state index contributed by atoms with van der Waals surface area (Å²) in [6.45, 7) is 12.4. The molecule has 1 heterocycles. The van der Waals surface area contributed by atoms with E-state index in [4.69, 9.17) is 0 Å². The minimum atomic E-state index is 0.719. The van der Waals surface area contributed by atoms with Gasteiger partial charge in [0.2, 0.25) is 0 Å². The van der Waals surface area contributed by atoms with Crippen LogP contribution >= 0.6 is 0 Å². The fourth-order valence-electron chi connectivity index (χ4n) is 2.47. The normalized spacial score (nSPS) is 13.1. The molecule has 0 fully saturated rings. The molecule has 0 amide bonds. The third-order valence-corrected chi connectivity index (χ3v) is 3.78. The average molecular weight is 264 g/mol. The van der Waals surface area contributed by atoms with E-state index in [2.05, 4.69) is 55.9 Å². The molecule has 110 valence electrons. The molecule has 0 spiro atoms. The van der Waals surface area contributed by atoms with Crippen molar-refractivity contribution in [3.05, 3.63) is 24.0 Å². The molecule has 0 saturated heterocycles. The second-order valence-corrected chi connectivity index (χ2v) is 6.09. The molecule has 0 aromatic carbocycles. The summed E-state index contributed by atoms with van der Waals surface area (Å²) in [6.07, 6.45) is 7.56. The summed E-state index contributed by atoms with van der Waals surface area (Å²) >= 11 is 0. The topological polar surface area (TPSA) is 17.0 Å². The Kier molecular flexibility index (Phi) is 7.88. The van der Waals surface area contributed by atoms with Crippen molar-refractivity contribution in [2.75, 3.05) is 6.54 Å². The fraction of sp³-hybridized carbons (Fsp3) is 0.765. The molecule has 1 N–H and O–H groups in total. The standard InChI is InChI=1S/C17H32N2/c1-5-7-9-16(6-2)14-19-11-8-10-17(19)13-18-12-15(3)4/h8,10-11,15-16,18H,5-7,9,12-14H2,1-4H3. The molecule has 0 aliphatic rings. The molecule has 0 radical (unpaired) electrons. The highest BCUT2D eigenvalue weighted by molar-refractivity contribution is 5.07. The predicted molar refractivity (Wildman–Crippen MR) is 84.3 cm³/mol. The number of hydrogen-bond donors (Lipinski definition) is 1. The van der Waals surface area contributed by atoms with E-state index in [1.807, 2.05) is 0 Å². The molecule has 0 saturated carbocycles. The smallest absolute Gasteiger partial charge is 0.0359 e. The van der Waals surface area contributed by atoms with E-state index < -0.39 is 0 Å². The quantitative estimate of drug-likeness (QED) is 0.660. The zero-order valence-corrected chi connectivity index (χ0v) is 13.3. The van der Waals surface area contributed by atoms with E-state index in [9.17, 15) is 0 Å². The molecule has 1 rings (SSSR count). The summed E-state index contributed by atoms with van der Waals surface area (Å²) < 4.78 is 2.44. The van der Waals surface area contributed by atoms with Crippen molar-refractivity contribution in [2.24, 2.45) is 11.8 Å². The zero-order chi connectivity index (χ0) is 14.1. The van der Waals surface area contributed by atoms with E-state index >= 15 is 0 Å². The van der Waals surface area contributed by atoms with Crippen LogP contribution in [0.15, 0.2) is 18.3 Å². The van der Waals surface area contributed by atoms with Crippen molar-refractivity contribution in [2.45, 2.75) is 66.5 Å². The molecule has 19 heavy (non-hydrogen) atoms. The van der Waals surface area contributed by atoms with Crippen molar-refractivity contribution >= 4 is 0 Å². The van der Waals surface area contributed by atoms with Crippen molar-refractivity contribution < 1.29 is 0 Å². The molecule has 1 aromatic heterocycles. The lowest BCUT2D eigenvalue weighted by Gasteiger charge is -2.18. The van der Waals surface area contributed by atoms with Gasteiger partial charge in [-0.1, -0.05) is 47.0 Å². The Balaban J connectivity index is 2.46. The fourth-order valence-corrected chi connectivity index (χ4v) is 2.47. The SMILES string of the molecule is CCCCC(CC)Cn1cccc1CNCC(C)C. The second-order valence-electron chi connectivity index (χ2n) is 6.09. The number of nitrogens with zero attached hydrogens (tertiary/aromatic N) is 1. The second kappa shape index (κ2) is 9.19. The maximum Gasteiger partial charge on any atom is 0.0359 e. The van der Waals surface area contributed by atoms with Crippen molar-refractivity contribution in [3.63, 3.8) is 0 Å². The van der Waals surface area contributed by atoms with Crippen LogP contribution < -0.4 is 5.32 Å². The van der Waals surface area contributed by atoms with Crippen LogP contribution in [0.2, 0.25) is 0 Å². The highest BCUT2D eigenvalue weighted by atomic mass is 15.0. The van der Waals surface area contributed by atoms with Gasteiger partial charge < -0.3 is 9.88 Å². The Bertz CT molecular complexity index is 328. The van der Waals surface area contributed by atoms with Gasteiger partial charge in [0.05, 0.1) is 0 Å². The molecule has 2 heteroatoms. The minimum absolute atomic E-state index is 0.719. The first-order valence-electron chi connectivity index (χ1n) is 8.02. The lowest BCUT2D eigenvalue weighted by Crippen LogP contribution is -2.21. The van der Waals surface area contributed by atoms with Gasteiger partial charge in [-0.05, 0) is 36.9 Å². The van der Waals surface area contributed by atoms with Crippen LogP contribution in [-0.2, 0) is 13.1 Å². The first-order chi connectivity index (χ1) is 9.17. The molecule has 1 aromatic rings. The monoisotopic (exact) mass is 264 g/mol. The molecule has 2 nitrogen and oxygen atoms in total. The van der Waals surface area contributed by atoms with Gasteiger partial charge in [-0.3, -0.25) is 0 Å². The molecular weight excluding hydrogens is 232 g/mol. The van der Waals surface area contributed by atoms with Crippen molar-refractivity contribution in [1.29, 1.82) is 0 Å². The Morgan fingerprint density at radius 2 is 2.05 bits per heavy atom. The summed E-state index contributed by atoms with van der Waals surface area (Å²) in [5.41, 5.74) is 1.43. The zero-order valence-electron chi connectivity index (χ0n) is 13.3. The Morgan fingerprint density at radius 3 is 2.68 bits per heavy atom. The van der Waals surface area contributed by atoms with E-state index in [0.29, 0.717) is 0 Å². The number of nitrogens with one attached hydrogen (secondary N) is 1. The first-order valence-corrected chi connectivity index (χ1v) is 8.02. The number of aromatic nitrogens is 1. The van der Waals surface area contributed by atoms with E-state index in [-0.39, 0.29) is 0 Å². The summed E-state index contributed by atoms with van der Waals surface area (Å²) in [6, 6.07) is 4.43. The molecule has 1 atom stereocenters. The highest BCUT2D eigenvalue weighted by Gasteiger charge is 2.09. The van der Waals surface area contributed by atoms with Crippen LogP contribution in [0.5, 0.6) is 0 Å². The Morgan fingerprint density at radius 1 is 1.26 bits per heavy atom. The van der Waals surface area contributed by atoms with E-state index in [0.717, 1.165) is 24.9 Å². The maximum absolute atomic E-state index is 3.54. The van der Waals surface area contributed by atoms with Gasteiger partial charge in [-0.25, -0.2) is 0 Å². The highest BCUT2D eigenvalue weighted by Crippen LogP contribution is 2.16. The number of rotatable bonds is 10. The van der Waals surface area contributed by atoms with Gasteiger partial charge in [0.25, 0.3) is 0 Å². The number of unbranched alkanes of at least 4 members (excludes halogenated alkanes) is 1. The molecule has 0 aliphatic carbocycles. The van der Waals surface area contributed by atoms with Crippen LogP contribution in [0.4, 0.5) is 0 Å². The molecular formula is C17H32N2. The van der Waals surface area contributed by atoms with Gasteiger partial charge >= 0.3 is 0 Å². The minimum Gasteiger partial charge on any atom is -0.350 e. The van der Waals surface area contributed by atoms with Crippen LogP contribution in [-0.4, -0.2) is 11.1 Å². The lowest BCUT2D eigenvalue weighted by molar-refractivity contribution is 0.383. The van der Waals surface area contributed by atoms with Gasteiger partial charge in [-0.15, -0.1) is 0 Å². The summed E-state index contributed by atoms with van der Waals surface area (Å²) in [4.78, 5) is 0. The summed E-state index contributed by atoms with van der Waals surface area (Å²) in [5, 5.41) is 3.54. The maximum atomic E-state index is 3.54. The molecule has 1 unspecified atom stereocenters. The Hall–Kier alpha value is -0.760. The van der Waals surface area contributed by atoms with Crippen molar-refractivity contribution in [1.82, 2.24) is 9.88 Å². The van der Waals surface area contributed by atoms with Gasteiger partial charge in [0, 0.05) is 25.0 Å². The largest absolute Gasteiger partial charge is 0.350 e. The van der Waals surface area contributed by atoms with Crippen LogP contribution in [0.1, 0.15) is 59.1 Å². The average Bonchev–Trinajstić information content (AvgIpc) is 2.81. The summed E-state index contributed by atoms with van der Waals surface area (Å²) in [7, 11) is 0. The first kappa shape index (κ1) is 16.3. The predicted octanol–water partition coefficient (Wildman–Crippen LogP) is 4.45. The third-order valence-electron chi connectivity index (χ3n) is 3.78. The van der Waals surface area contributed by atoms with Crippen LogP contribution in [0.25, 0.3) is 0 Å². The van der Waals surface area contributed by atoms with E-state index in [1.165, 1.54) is 37.9 Å². The lowest BCUT2D eigenvalue weighted by atomic mass is 9.99. The van der Waals surface area contributed by atoms with Crippen molar-refractivity contribution in [3.8, 4) is 0 Å². The number of hydrogen-bond acceptors (Lipinski definition) is 1. The van der Waals surface area contributed by atoms with Gasteiger partial charge in [0.15, 0.2) is 0 Å². The third kappa shape index (κ3) is 6.29. The van der Waals surface area contributed by atoms with Crippen LogP contribution in [0, 0.1) is 11.8 Å². The Labute approximate surface area is 119 Å². The van der Waals surface area contributed by atoms with Gasteiger partial charge in [-0.2, -0.15) is 0 Å². The van der Waals surface area contributed by atoms with E-state index in [1.54, 1.807) is 0 Å². The van der Waals surface area contributed by atoms with Gasteiger partial charge in [0.1, 0.15) is 0 Å². The molecule has 0 aliphatic heterocycles. The summed E-state index contributed by atoms with van der Waals surface area (Å²) in [5.74, 6) is 1.55. The molecule has 0 bridgehead atoms.